The predicted molar refractivity (Wildman–Crippen MR) is 62.4 cm³/mol. The molecule has 1 aromatic rings. The maximum Gasteiger partial charge on any atom is -0.00215 e. The van der Waals surface area contributed by atoms with Gasteiger partial charge in [-0.05, 0) is 36.0 Å². The molecule has 0 heteroatoms. The zero-order chi connectivity index (χ0) is 10.4. The number of rotatable bonds is 4. The fourth-order valence-corrected chi connectivity index (χ4v) is 1.47. The summed E-state index contributed by atoms with van der Waals surface area (Å²) in [4.78, 5) is 0. The van der Waals surface area contributed by atoms with E-state index < -0.39 is 0 Å². The normalized spacial score (nSPS) is 9.93. The minimum Gasteiger partial charge on any atom is -0.133 e. The van der Waals surface area contributed by atoms with E-state index in [0.717, 1.165) is 18.8 Å². The molecule has 1 rings (SSSR count). The van der Waals surface area contributed by atoms with Gasteiger partial charge in [0.05, 0.1) is 0 Å². The Morgan fingerprint density at radius 1 is 1.21 bits per heavy atom. The van der Waals surface area contributed by atoms with Crippen molar-refractivity contribution in [1.82, 2.24) is 0 Å². The standard InChI is InChI=1S/C14H18/c1-4-5-6-13-7-9-14(10-8-13)11-12(2)3/h5,7-10,12H,1,6,11H2,2-3H3. The van der Waals surface area contributed by atoms with E-state index in [9.17, 15) is 0 Å². The molecule has 0 bridgehead atoms. The smallest absolute Gasteiger partial charge is 0.00215 e. The predicted octanol–water partition coefficient (Wildman–Crippen LogP) is 3.77. The van der Waals surface area contributed by atoms with Crippen LogP contribution in [-0.2, 0) is 12.8 Å². The molecule has 0 saturated carbocycles. The molecule has 0 heterocycles. The molecule has 0 spiro atoms. The van der Waals surface area contributed by atoms with E-state index in [1.165, 1.54) is 11.1 Å². The van der Waals surface area contributed by atoms with Crippen LogP contribution in [0.15, 0.2) is 42.7 Å². The van der Waals surface area contributed by atoms with Crippen molar-refractivity contribution < 1.29 is 0 Å². The zero-order valence-electron chi connectivity index (χ0n) is 9.09. The van der Waals surface area contributed by atoms with Crippen molar-refractivity contribution in [3.8, 4) is 0 Å². The second-order valence-electron chi connectivity index (χ2n) is 4.03. The van der Waals surface area contributed by atoms with Crippen molar-refractivity contribution in [1.29, 1.82) is 0 Å². The summed E-state index contributed by atoms with van der Waals surface area (Å²) in [7, 11) is 0. The Bertz CT molecular complexity index is 310. The van der Waals surface area contributed by atoms with Crippen LogP contribution >= 0.6 is 0 Å². The van der Waals surface area contributed by atoms with Crippen molar-refractivity contribution in [3.63, 3.8) is 0 Å². The van der Waals surface area contributed by atoms with Crippen molar-refractivity contribution in [2.45, 2.75) is 26.7 Å². The van der Waals surface area contributed by atoms with Crippen LogP contribution in [0.2, 0.25) is 0 Å². The molecule has 0 aromatic heterocycles. The van der Waals surface area contributed by atoms with Crippen LogP contribution in [0.4, 0.5) is 0 Å². The minimum absolute atomic E-state index is 0.730. The Morgan fingerprint density at radius 3 is 2.29 bits per heavy atom. The van der Waals surface area contributed by atoms with E-state index in [-0.39, 0.29) is 0 Å². The Hall–Kier alpha value is -1.26. The summed E-state index contributed by atoms with van der Waals surface area (Å²) >= 11 is 0. The largest absolute Gasteiger partial charge is 0.133 e. The van der Waals surface area contributed by atoms with Crippen molar-refractivity contribution >= 4 is 0 Å². The molecular weight excluding hydrogens is 168 g/mol. The first-order chi connectivity index (χ1) is 6.72. The summed E-state index contributed by atoms with van der Waals surface area (Å²) in [6.45, 7) is 8.04. The first-order valence-corrected chi connectivity index (χ1v) is 5.14. The fourth-order valence-electron chi connectivity index (χ4n) is 1.47. The average molecular weight is 186 g/mol. The number of hydrogen-bond acceptors (Lipinski definition) is 0. The molecule has 0 nitrogen and oxygen atoms in total. The molecule has 0 radical (unpaired) electrons. The lowest BCUT2D eigenvalue weighted by Gasteiger charge is -2.05. The Balaban J connectivity index is 2.63. The van der Waals surface area contributed by atoms with Gasteiger partial charge in [-0.15, -0.1) is 5.73 Å². The SMILES string of the molecule is C=C=CCc1ccc(CC(C)C)cc1. The lowest BCUT2D eigenvalue weighted by molar-refractivity contribution is 0.647. The van der Waals surface area contributed by atoms with E-state index in [0.29, 0.717) is 0 Å². The molecule has 74 valence electrons. The zero-order valence-corrected chi connectivity index (χ0v) is 9.09. The summed E-state index contributed by atoms with van der Waals surface area (Å²) in [5, 5.41) is 0. The van der Waals surface area contributed by atoms with Gasteiger partial charge in [0, 0.05) is 0 Å². The summed E-state index contributed by atoms with van der Waals surface area (Å²) in [6.07, 6.45) is 4.06. The second-order valence-corrected chi connectivity index (χ2v) is 4.03. The molecule has 0 fully saturated rings. The lowest BCUT2D eigenvalue weighted by Crippen LogP contribution is -1.93. The first kappa shape index (κ1) is 10.8. The van der Waals surface area contributed by atoms with Crippen LogP contribution in [0.1, 0.15) is 25.0 Å². The molecule has 0 unspecified atom stereocenters. The molecule has 0 aliphatic heterocycles. The Morgan fingerprint density at radius 2 is 1.79 bits per heavy atom. The van der Waals surface area contributed by atoms with Crippen LogP contribution in [0.5, 0.6) is 0 Å². The molecule has 1 aromatic carbocycles. The van der Waals surface area contributed by atoms with Gasteiger partial charge in [-0.2, -0.15) is 0 Å². The number of allylic oxidation sites excluding steroid dienone is 1. The summed E-state index contributed by atoms with van der Waals surface area (Å²) in [5.74, 6) is 0.730. The van der Waals surface area contributed by atoms with E-state index in [1.807, 2.05) is 6.08 Å². The van der Waals surface area contributed by atoms with Crippen molar-refractivity contribution in [3.05, 3.63) is 53.8 Å². The highest BCUT2D eigenvalue weighted by atomic mass is 14.0. The minimum atomic E-state index is 0.730. The third-order valence-corrected chi connectivity index (χ3v) is 2.15. The van der Waals surface area contributed by atoms with Crippen LogP contribution < -0.4 is 0 Å². The summed E-state index contributed by atoms with van der Waals surface area (Å²) < 4.78 is 0. The average Bonchev–Trinajstić information content (AvgIpc) is 2.16. The van der Waals surface area contributed by atoms with Crippen molar-refractivity contribution in [2.75, 3.05) is 0 Å². The van der Waals surface area contributed by atoms with Gasteiger partial charge in [0.15, 0.2) is 0 Å². The highest BCUT2D eigenvalue weighted by molar-refractivity contribution is 5.24. The van der Waals surface area contributed by atoms with Gasteiger partial charge in [-0.1, -0.05) is 44.7 Å². The third-order valence-electron chi connectivity index (χ3n) is 2.15. The van der Waals surface area contributed by atoms with Crippen molar-refractivity contribution in [2.24, 2.45) is 5.92 Å². The molecule has 0 aliphatic rings. The van der Waals surface area contributed by atoms with Crippen LogP contribution in [0.3, 0.4) is 0 Å². The molecule has 0 saturated heterocycles. The van der Waals surface area contributed by atoms with E-state index in [1.54, 1.807) is 0 Å². The lowest BCUT2D eigenvalue weighted by atomic mass is 10.0. The molecule has 14 heavy (non-hydrogen) atoms. The van der Waals surface area contributed by atoms with Gasteiger partial charge in [-0.25, -0.2) is 0 Å². The van der Waals surface area contributed by atoms with Gasteiger partial charge in [0.1, 0.15) is 0 Å². The summed E-state index contributed by atoms with van der Waals surface area (Å²) in [5.41, 5.74) is 5.54. The number of hydrogen-bond donors (Lipinski definition) is 0. The van der Waals surface area contributed by atoms with Gasteiger partial charge < -0.3 is 0 Å². The van der Waals surface area contributed by atoms with E-state index in [4.69, 9.17) is 0 Å². The topological polar surface area (TPSA) is 0 Å². The maximum absolute atomic E-state index is 3.55. The van der Waals surface area contributed by atoms with Gasteiger partial charge >= 0.3 is 0 Å². The Labute approximate surface area is 87.0 Å². The Kier molecular flexibility index (Phi) is 4.22. The fraction of sp³-hybridized carbons (Fsp3) is 0.357. The highest BCUT2D eigenvalue weighted by Crippen LogP contribution is 2.10. The second kappa shape index (κ2) is 5.47. The van der Waals surface area contributed by atoms with E-state index in [2.05, 4.69) is 50.4 Å². The maximum atomic E-state index is 3.55. The van der Waals surface area contributed by atoms with E-state index >= 15 is 0 Å². The highest BCUT2D eigenvalue weighted by Gasteiger charge is 1.97. The first-order valence-electron chi connectivity index (χ1n) is 5.14. The van der Waals surface area contributed by atoms with Gasteiger partial charge in [-0.3, -0.25) is 0 Å². The third kappa shape index (κ3) is 3.64. The molecule has 0 amide bonds. The molecule has 0 atom stereocenters. The molecule has 0 aliphatic carbocycles. The summed E-state index contributed by atoms with van der Waals surface area (Å²) in [6, 6.07) is 8.80. The van der Waals surface area contributed by atoms with Gasteiger partial charge in [0.25, 0.3) is 0 Å². The van der Waals surface area contributed by atoms with Crippen LogP contribution in [0.25, 0.3) is 0 Å². The van der Waals surface area contributed by atoms with Gasteiger partial charge in [0.2, 0.25) is 0 Å². The number of benzene rings is 1. The molecular formula is C14H18. The monoisotopic (exact) mass is 186 g/mol. The quantitative estimate of drug-likeness (QED) is 0.628. The van der Waals surface area contributed by atoms with Crippen LogP contribution in [0, 0.1) is 5.92 Å². The van der Waals surface area contributed by atoms with Crippen LogP contribution in [-0.4, -0.2) is 0 Å². The molecule has 0 N–H and O–H groups in total.